The van der Waals surface area contributed by atoms with Crippen LogP contribution < -0.4 is 5.48 Å². The second-order valence-electron chi connectivity index (χ2n) is 3.74. The largest absolute Gasteiger partial charge is 0.423 e. The molecule has 1 N–H and O–H groups in total. The van der Waals surface area contributed by atoms with Crippen LogP contribution in [-0.4, -0.2) is 13.2 Å². The second-order valence-corrected chi connectivity index (χ2v) is 4.55. The summed E-state index contributed by atoms with van der Waals surface area (Å²) >= 11 is 11.1. The fourth-order valence-corrected chi connectivity index (χ4v) is 2.21. The molecule has 0 aliphatic carbocycles. The maximum atomic E-state index is 13.3. The smallest absolute Gasteiger partial charge is 0.281 e. The highest BCUT2D eigenvalue weighted by molar-refractivity contribution is 6.35. The summed E-state index contributed by atoms with van der Waals surface area (Å²) in [4.78, 5) is 4.66. The summed E-state index contributed by atoms with van der Waals surface area (Å²) in [5.41, 5.74) is -0.999. The predicted molar refractivity (Wildman–Crippen MR) is 64.6 cm³/mol. The fourth-order valence-electron chi connectivity index (χ4n) is 1.72. The Bertz CT molecular complexity index is 443. The third-order valence-electron chi connectivity index (χ3n) is 2.68. The molecule has 0 heterocycles. The SMILES string of the molecule is CCC(ONC)(c1cc(Cl)c(F)c(Cl)c1)C(F)(F)F. The van der Waals surface area contributed by atoms with Crippen LogP contribution >= 0.6 is 23.2 Å². The van der Waals surface area contributed by atoms with E-state index in [1.807, 2.05) is 5.48 Å². The maximum Gasteiger partial charge on any atom is 0.423 e. The Balaban J connectivity index is 3.49. The molecule has 1 aromatic rings. The van der Waals surface area contributed by atoms with Crippen LogP contribution in [0.3, 0.4) is 0 Å². The molecular weight excluding hydrogens is 309 g/mol. The van der Waals surface area contributed by atoms with E-state index < -0.39 is 34.1 Å². The molecular formula is C11H11Cl2F4NO. The van der Waals surface area contributed by atoms with Crippen LogP contribution in [0.15, 0.2) is 12.1 Å². The quantitative estimate of drug-likeness (QED) is 0.503. The molecule has 8 heteroatoms. The Morgan fingerprint density at radius 1 is 1.21 bits per heavy atom. The molecule has 2 nitrogen and oxygen atoms in total. The minimum absolute atomic E-state index is 0.367. The van der Waals surface area contributed by atoms with Gasteiger partial charge < -0.3 is 0 Å². The first-order valence-corrected chi connectivity index (χ1v) is 6.01. The van der Waals surface area contributed by atoms with Crippen LogP contribution in [0.25, 0.3) is 0 Å². The van der Waals surface area contributed by atoms with Crippen molar-refractivity contribution < 1.29 is 22.4 Å². The van der Waals surface area contributed by atoms with Crippen molar-refractivity contribution in [3.63, 3.8) is 0 Å². The summed E-state index contributed by atoms with van der Waals surface area (Å²) in [6, 6.07) is 1.72. The third kappa shape index (κ3) is 2.97. The van der Waals surface area contributed by atoms with Gasteiger partial charge in [-0.05, 0) is 24.1 Å². The lowest BCUT2D eigenvalue weighted by atomic mass is 9.90. The predicted octanol–water partition coefficient (Wildman–Crippen LogP) is 4.45. The van der Waals surface area contributed by atoms with E-state index in [9.17, 15) is 17.6 Å². The Morgan fingerprint density at radius 3 is 2.00 bits per heavy atom. The van der Waals surface area contributed by atoms with Crippen LogP contribution in [0.2, 0.25) is 10.0 Å². The zero-order chi connectivity index (χ0) is 14.8. The first kappa shape index (κ1) is 16.5. The van der Waals surface area contributed by atoms with Crippen molar-refractivity contribution in [2.45, 2.75) is 25.1 Å². The van der Waals surface area contributed by atoms with Crippen LogP contribution in [0.5, 0.6) is 0 Å². The Labute approximate surface area is 117 Å². The number of hydrogen-bond acceptors (Lipinski definition) is 2. The van der Waals surface area contributed by atoms with E-state index in [1.165, 1.54) is 14.0 Å². The zero-order valence-corrected chi connectivity index (χ0v) is 11.5. The average Bonchev–Trinajstić information content (AvgIpc) is 2.30. The molecule has 0 amide bonds. The highest BCUT2D eigenvalue weighted by atomic mass is 35.5. The van der Waals surface area contributed by atoms with E-state index in [4.69, 9.17) is 23.2 Å². The molecule has 1 aromatic carbocycles. The second kappa shape index (κ2) is 5.83. The van der Waals surface area contributed by atoms with Crippen molar-refractivity contribution >= 4 is 23.2 Å². The standard InChI is InChI=1S/C11H11Cl2F4NO/c1-3-10(19-18-2,11(15,16)17)6-4-7(12)9(14)8(13)5-6/h4-5,18H,3H2,1-2H3. The van der Waals surface area contributed by atoms with Crippen LogP contribution in [0.4, 0.5) is 17.6 Å². The van der Waals surface area contributed by atoms with Crippen molar-refractivity contribution in [1.82, 2.24) is 5.48 Å². The number of hydroxylamine groups is 1. The van der Waals surface area contributed by atoms with Crippen molar-refractivity contribution in [2.24, 2.45) is 0 Å². The van der Waals surface area contributed by atoms with Gasteiger partial charge in [0, 0.05) is 7.05 Å². The van der Waals surface area contributed by atoms with Crippen molar-refractivity contribution in [1.29, 1.82) is 0 Å². The van der Waals surface area contributed by atoms with E-state index in [-0.39, 0.29) is 5.56 Å². The van der Waals surface area contributed by atoms with Gasteiger partial charge in [0.15, 0.2) is 5.82 Å². The summed E-state index contributed by atoms with van der Waals surface area (Å²) in [5, 5.41) is -0.992. The molecule has 19 heavy (non-hydrogen) atoms. The molecule has 0 fully saturated rings. The lowest BCUT2D eigenvalue weighted by Crippen LogP contribution is -2.47. The van der Waals surface area contributed by atoms with Crippen molar-refractivity contribution in [3.8, 4) is 0 Å². The summed E-state index contributed by atoms with van der Waals surface area (Å²) in [6.45, 7) is 1.29. The Kier molecular flexibility index (Phi) is 5.06. The van der Waals surface area contributed by atoms with E-state index in [1.54, 1.807) is 0 Å². The molecule has 0 saturated carbocycles. The zero-order valence-electron chi connectivity index (χ0n) is 10.0. The van der Waals surface area contributed by atoms with E-state index in [2.05, 4.69) is 4.84 Å². The molecule has 0 radical (unpaired) electrons. The molecule has 0 aliphatic rings. The lowest BCUT2D eigenvalue weighted by molar-refractivity contribution is -0.303. The monoisotopic (exact) mass is 319 g/mol. The molecule has 0 aromatic heterocycles. The number of halogens is 6. The van der Waals surface area contributed by atoms with Gasteiger partial charge in [0.05, 0.1) is 10.0 Å². The van der Waals surface area contributed by atoms with E-state index >= 15 is 0 Å². The first-order chi connectivity index (χ1) is 8.69. The maximum absolute atomic E-state index is 13.3. The van der Waals surface area contributed by atoms with Crippen molar-refractivity contribution in [2.75, 3.05) is 7.05 Å². The third-order valence-corrected chi connectivity index (χ3v) is 3.23. The van der Waals surface area contributed by atoms with Crippen LogP contribution in [-0.2, 0) is 10.4 Å². The molecule has 1 atom stereocenters. The van der Waals surface area contributed by atoms with E-state index in [0.717, 1.165) is 12.1 Å². The highest BCUT2D eigenvalue weighted by Gasteiger charge is 2.57. The van der Waals surface area contributed by atoms with Gasteiger partial charge in [-0.1, -0.05) is 30.1 Å². The summed E-state index contributed by atoms with van der Waals surface area (Å²) in [7, 11) is 1.20. The molecule has 1 unspecified atom stereocenters. The van der Waals surface area contributed by atoms with E-state index in [0.29, 0.717) is 0 Å². The van der Waals surface area contributed by atoms with Crippen LogP contribution in [0, 0.1) is 5.82 Å². The highest BCUT2D eigenvalue weighted by Crippen LogP contribution is 2.45. The lowest BCUT2D eigenvalue weighted by Gasteiger charge is -2.34. The van der Waals surface area contributed by atoms with Gasteiger partial charge in [-0.3, -0.25) is 4.84 Å². The summed E-state index contributed by atoms with van der Waals surface area (Å²) in [6.07, 6.45) is -5.16. The number of rotatable bonds is 4. The van der Waals surface area contributed by atoms with Gasteiger partial charge in [0.25, 0.3) is 0 Å². The fraction of sp³-hybridized carbons (Fsp3) is 0.455. The molecule has 108 valence electrons. The molecule has 0 spiro atoms. The van der Waals surface area contributed by atoms with Gasteiger partial charge in [-0.15, -0.1) is 0 Å². The Hall–Kier alpha value is -0.560. The average molecular weight is 320 g/mol. The minimum atomic E-state index is -4.73. The number of alkyl halides is 3. The minimum Gasteiger partial charge on any atom is -0.281 e. The molecule has 0 bridgehead atoms. The first-order valence-electron chi connectivity index (χ1n) is 5.26. The summed E-state index contributed by atoms with van der Waals surface area (Å²) in [5.74, 6) is -0.969. The van der Waals surface area contributed by atoms with Crippen molar-refractivity contribution in [3.05, 3.63) is 33.6 Å². The topological polar surface area (TPSA) is 21.3 Å². The van der Waals surface area contributed by atoms with Gasteiger partial charge in [0.1, 0.15) is 0 Å². The van der Waals surface area contributed by atoms with Gasteiger partial charge in [-0.2, -0.15) is 13.2 Å². The van der Waals surface area contributed by atoms with Crippen LogP contribution in [0.1, 0.15) is 18.9 Å². The molecule has 0 aliphatic heterocycles. The molecule has 1 rings (SSSR count). The Morgan fingerprint density at radius 2 is 1.68 bits per heavy atom. The number of hydrogen-bond donors (Lipinski definition) is 1. The van der Waals surface area contributed by atoms with Gasteiger partial charge in [0.2, 0.25) is 5.60 Å². The number of nitrogens with one attached hydrogen (secondary N) is 1. The van der Waals surface area contributed by atoms with Gasteiger partial charge >= 0.3 is 6.18 Å². The summed E-state index contributed by atoms with van der Waals surface area (Å²) < 4.78 is 53.1. The molecule has 0 saturated heterocycles. The van der Waals surface area contributed by atoms with Gasteiger partial charge in [-0.25, -0.2) is 9.87 Å². The number of benzene rings is 1. The normalized spacial score (nSPS) is 15.4.